The minimum atomic E-state index is -3.43. The Hall–Kier alpha value is -1.52. The van der Waals surface area contributed by atoms with E-state index in [9.17, 15) is 18.0 Å². The number of rotatable bonds is 2. The molecular formula is C32H49N2O4S+. The quantitative estimate of drug-likeness (QED) is 0.450. The van der Waals surface area contributed by atoms with Crippen LogP contribution in [0.2, 0.25) is 0 Å². The zero-order chi connectivity index (χ0) is 29.0. The predicted octanol–water partition coefficient (Wildman–Crippen LogP) is 6.03. The lowest BCUT2D eigenvalue weighted by molar-refractivity contribution is -0.214. The van der Waals surface area contributed by atoms with Gasteiger partial charge in [0.05, 0.1) is 6.26 Å². The van der Waals surface area contributed by atoms with E-state index < -0.39 is 21.0 Å². The number of nitrogens with zero attached hydrogens (tertiary/aromatic N) is 1. The van der Waals surface area contributed by atoms with Crippen LogP contribution < -0.4 is 4.72 Å². The molecule has 216 valence electrons. The third-order valence-corrected chi connectivity index (χ3v) is 13.7. The van der Waals surface area contributed by atoms with Gasteiger partial charge in [0.25, 0.3) is 7.05 Å². The van der Waals surface area contributed by atoms with Gasteiger partial charge < -0.3 is 0 Å². The van der Waals surface area contributed by atoms with Crippen molar-refractivity contribution in [1.29, 1.82) is 0 Å². The molecule has 0 heterocycles. The van der Waals surface area contributed by atoms with Crippen molar-refractivity contribution < 1.29 is 18.0 Å². The van der Waals surface area contributed by atoms with Gasteiger partial charge in [-0.25, -0.2) is 13.1 Å². The third-order valence-electron chi connectivity index (χ3n) is 13.0. The highest BCUT2D eigenvalue weighted by Crippen LogP contribution is 2.74. The van der Waals surface area contributed by atoms with Crippen LogP contribution in [0.3, 0.4) is 0 Å². The maximum absolute atomic E-state index is 14.6. The summed E-state index contributed by atoms with van der Waals surface area (Å²) in [4.78, 5) is 32.1. The molecule has 6 nitrogen and oxygen atoms in total. The van der Waals surface area contributed by atoms with E-state index in [4.69, 9.17) is 0 Å². The number of carbonyl (C=O) groups is 2. The Kier molecular flexibility index (Phi) is 6.32. The minimum absolute atomic E-state index is 0.0124. The second kappa shape index (κ2) is 8.51. The average molecular weight is 558 g/mol. The maximum atomic E-state index is 14.6. The topological polar surface area (TPSA) is 84.7 Å². The summed E-state index contributed by atoms with van der Waals surface area (Å²) in [6.45, 7) is 15.7. The van der Waals surface area contributed by atoms with Crippen LogP contribution in [0.15, 0.2) is 11.6 Å². The smallest absolute Gasteiger partial charge is 0.299 e. The maximum Gasteiger partial charge on any atom is 0.314 e. The first-order chi connectivity index (χ1) is 17.8. The van der Waals surface area contributed by atoms with Crippen molar-refractivity contribution in [3.8, 4) is 6.07 Å². The molecule has 0 amide bonds. The molecule has 4 fully saturated rings. The van der Waals surface area contributed by atoms with Crippen molar-refractivity contribution in [3.05, 3.63) is 16.5 Å². The van der Waals surface area contributed by atoms with E-state index in [0.29, 0.717) is 17.8 Å². The van der Waals surface area contributed by atoms with Gasteiger partial charge in [0.15, 0.2) is 5.78 Å². The van der Waals surface area contributed by atoms with E-state index in [-0.39, 0.29) is 51.1 Å². The van der Waals surface area contributed by atoms with E-state index in [1.54, 1.807) is 7.05 Å². The summed E-state index contributed by atoms with van der Waals surface area (Å²) in [5.41, 5.74) is -1.17. The van der Waals surface area contributed by atoms with Crippen molar-refractivity contribution >= 4 is 21.6 Å². The Morgan fingerprint density at radius 1 is 0.923 bits per heavy atom. The van der Waals surface area contributed by atoms with Gasteiger partial charge in [-0.3, -0.25) is 9.59 Å². The lowest BCUT2D eigenvalue weighted by atomic mass is 9.32. The second-order valence-corrected chi connectivity index (χ2v) is 17.7. The number of sulfonamides is 1. The van der Waals surface area contributed by atoms with Crippen molar-refractivity contribution in [2.24, 2.45) is 50.7 Å². The average Bonchev–Trinajstić information content (AvgIpc) is 2.79. The summed E-state index contributed by atoms with van der Waals surface area (Å²) in [6.07, 6.45) is 9.98. The summed E-state index contributed by atoms with van der Waals surface area (Å²) in [5.74, 6) is 0.457. The number of Topliss-reactive ketones (excluding diaryl/α,β-unsaturated/α-hetero) is 2. The van der Waals surface area contributed by atoms with Crippen LogP contribution in [0.4, 0.5) is 0 Å². The van der Waals surface area contributed by atoms with Crippen LogP contribution in [0, 0.1) is 56.8 Å². The summed E-state index contributed by atoms with van der Waals surface area (Å²) >= 11 is 0. The lowest BCUT2D eigenvalue weighted by Crippen LogP contribution is -2.72. The van der Waals surface area contributed by atoms with Crippen molar-refractivity contribution in [3.63, 3.8) is 0 Å². The monoisotopic (exact) mass is 557 g/mol. The molecule has 39 heavy (non-hydrogen) atoms. The third kappa shape index (κ3) is 3.97. The highest BCUT2D eigenvalue weighted by Gasteiger charge is 2.72. The molecule has 0 unspecified atom stereocenters. The first kappa shape index (κ1) is 29.0. The normalized spacial score (nSPS) is 46.4. The van der Waals surface area contributed by atoms with Crippen LogP contribution in [-0.2, 0) is 19.6 Å². The molecular weight excluding hydrogens is 508 g/mol. The van der Waals surface area contributed by atoms with Gasteiger partial charge in [0.2, 0.25) is 10.0 Å². The molecule has 0 aromatic carbocycles. The minimum Gasteiger partial charge on any atom is -0.299 e. The van der Waals surface area contributed by atoms with E-state index in [0.717, 1.165) is 44.9 Å². The Bertz CT molecular complexity index is 1320. The largest absolute Gasteiger partial charge is 0.314 e. The summed E-state index contributed by atoms with van der Waals surface area (Å²) < 4.78 is 28.4. The molecule has 8 atom stereocenters. The fourth-order valence-electron chi connectivity index (χ4n) is 11.0. The second-order valence-electron chi connectivity index (χ2n) is 15.9. The number of fused-ring (bicyclic) bond motifs is 7. The van der Waals surface area contributed by atoms with E-state index in [2.05, 4.69) is 70.2 Å². The fourth-order valence-corrected chi connectivity index (χ4v) is 12.1. The lowest BCUT2D eigenvalue weighted by Gasteiger charge is -2.72. The number of ketones is 2. The number of hydrogen-bond acceptors (Lipinski definition) is 4. The molecule has 4 saturated carbocycles. The van der Waals surface area contributed by atoms with Gasteiger partial charge >= 0.3 is 6.07 Å². The molecule has 0 spiro atoms. The number of allylic oxidation sites excluding steroid dienone is 2. The highest BCUT2D eigenvalue weighted by molar-refractivity contribution is 7.88. The Morgan fingerprint density at radius 3 is 2.18 bits per heavy atom. The summed E-state index contributed by atoms with van der Waals surface area (Å²) in [6, 6.07) is 2.99. The molecule has 5 aliphatic carbocycles. The molecule has 7 heteroatoms. The van der Waals surface area contributed by atoms with Gasteiger partial charge in [-0.2, -0.15) is 0 Å². The Morgan fingerprint density at radius 2 is 1.56 bits per heavy atom. The molecule has 5 aliphatic rings. The SMILES string of the molecule is C[N+]#CC1=C[C@]2(C)[C@H]3CC(=O)[C@@H]4[C@@H]5CC(C)(C)CC[C@]5(NS(C)(=O)=O)CC[C@@]4(C)[C@]3(C)CC[C@H]2C(C)(C)C1=O. The van der Waals surface area contributed by atoms with E-state index >= 15 is 0 Å². The first-order valence-corrected chi connectivity index (χ1v) is 16.8. The van der Waals surface area contributed by atoms with Crippen LogP contribution in [-0.4, -0.2) is 38.8 Å². The Balaban J connectivity index is 1.64. The predicted molar refractivity (Wildman–Crippen MR) is 155 cm³/mol. The molecule has 5 rings (SSSR count). The van der Waals surface area contributed by atoms with Crippen LogP contribution in [0.5, 0.6) is 0 Å². The van der Waals surface area contributed by atoms with Crippen molar-refractivity contribution in [2.75, 3.05) is 13.3 Å². The molecule has 0 saturated heterocycles. The zero-order valence-corrected chi connectivity index (χ0v) is 26.3. The molecule has 0 aliphatic heterocycles. The van der Waals surface area contributed by atoms with Crippen LogP contribution >= 0.6 is 0 Å². The summed E-state index contributed by atoms with van der Waals surface area (Å²) in [5, 5.41) is 0. The fraction of sp³-hybridized carbons (Fsp3) is 0.844. The molecule has 0 radical (unpaired) electrons. The van der Waals surface area contributed by atoms with Crippen molar-refractivity contribution in [2.45, 2.75) is 105 Å². The molecule has 0 aromatic rings. The van der Waals surface area contributed by atoms with Gasteiger partial charge in [0.1, 0.15) is 11.4 Å². The van der Waals surface area contributed by atoms with Gasteiger partial charge in [-0.05, 0) is 84.4 Å². The standard InChI is InChI=1S/C32H49N2O4S/c1-27(2)12-14-32(34-39(9,37)38)15-13-31(7)25(21(32)18-27)22(35)16-24-29(5)17-20(19-33-8)26(36)28(3,4)23(29)10-11-30(24,31)6/h17,21,23-25,34H,10-16,18H2,1-9H3/q+1/t21-,23-,24+,25-,29-,30+,31+,32-/m0/s1. The van der Waals surface area contributed by atoms with E-state index in [1.165, 1.54) is 6.26 Å². The van der Waals surface area contributed by atoms with E-state index in [1.807, 2.05) is 0 Å². The molecule has 1 N–H and O–H groups in total. The van der Waals surface area contributed by atoms with Crippen LogP contribution in [0.25, 0.3) is 4.85 Å². The van der Waals surface area contributed by atoms with Gasteiger partial charge in [-0.1, -0.05) is 59.4 Å². The first-order valence-electron chi connectivity index (χ1n) is 14.9. The number of hydrogen-bond donors (Lipinski definition) is 1. The Labute approximate surface area is 236 Å². The molecule has 0 aromatic heterocycles. The summed E-state index contributed by atoms with van der Waals surface area (Å²) in [7, 11) is -1.77. The number of carbonyl (C=O) groups excluding carboxylic acids is 2. The van der Waals surface area contributed by atoms with Gasteiger partial charge in [0, 0.05) is 23.3 Å². The number of nitrogens with one attached hydrogen (secondary N) is 1. The van der Waals surface area contributed by atoms with Gasteiger partial charge in [-0.15, -0.1) is 0 Å². The zero-order valence-electron chi connectivity index (χ0n) is 25.5. The highest BCUT2D eigenvalue weighted by atomic mass is 32.2. The van der Waals surface area contributed by atoms with Crippen LogP contribution in [0.1, 0.15) is 99.8 Å². The molecule has 0 bridgehead atoms. The van der Waals surface area contributed by atoms with Crippen molar-refractivity contribution in [1.82, 2.24) is 4.72 Å².